The van der Waals surface area contributed by atoms with Crippen LogP contribution in [0.3, 0.4) is 0 Å². The molecule has 26 heavy (non-hydrogen) atoms. The largest absolute Gasteiger partial charge is 0.460 e. The van der Waals surface area contributed by atoms with E-state index in [9.17, 15) is 8.42 Å². The standard InChI is InChI=1S/C20H28N2O3S/c1-16-6-8-18(9-7-16)20-11-10-19(25-20)15-22-12-4-5-17(14-22)13-21(2)26(3,23)24/h6-11,17H,4-5,12-15H2,1-3H3. The Bertz CT molecular complexity index is 827. The van der Waals surface area contributed by atoms with E-state index in [1.165, 1.54) is 16.1 Å². The zero-order valence-electron chi connectivity index (χ0n) is 15.8. The van der Waals surface area contributed by atoms with Crippen LogP contribution in [-0.2, 0) is 16.6 Å². The molecular formula is C20H28N2O3S. The second kappa shape index (κ2) is 7.94. The van der Waals surface area contributed by atoms with Gasteiger partial charge < -0.3 is 4.42 Å². The van der Waals surface area contributed by atoms with Crippen molar-refractivity contribution >= 4 is 10.0 Å². The van der Waals surface area contributed by atoms with Crippen molar-refractivity contribution in [2.24, 2.45) is 5.92 Å². The van der Waals surface area contributed by atoms with Crippen LogP contribution < -0.4 is 0 Å². The van der Waals surface area contributed by atoms with Crippen LogP contribution in [0.4, 0.5) is 0 Å². The average molecular weight is 377 g/mol. The summed E-state index contributed by atoms with van der Waals surface area (Å²) in [4.78, 5) is 2.36. The zero-order valence-corrected chi connectivity index (χ0v) is 16.6. The number of rotatable bonds is 6. The maximum Gasteiger partial charge on any atom is 0.210 e. The number of sulfonamides is 1. The van der Waals surface area contributed by atoms with Gasteiger partial charge in [-0.3, -0.25) is 4.90 Å². The molecule has 0 amide bonds. The SMILES string of the molecule is Cc1ccc(-c2ccc(CN3CCCC(CN(C)S(C)(=O)=O)C3)o2)cc1. The summed E-state index contributed by atoms with van der Waals surface area (Å²) >= 11 is 0. The summed E-state index contributed by atoms with van der Waals surface area (Å²) in [5.74, 6) is 2.22. The Kier molecular flexibility index (Phi) is 5.85. The molecule has 0 radical (unpaired) electrons. The van der Waals surface area contributed by atoms with Crippen molar-refractivity contribution < 1.29 is 12.8 Å². The van der Waals surface area contributed by atoms with E-state index in [-0.39, 0.29) is 0 Å². The highest BCUT2D eigenvalue weighted by atomic mass is 32.2. The lowest BCUT2D eigenvalue weighted by molar-refractivity contribution is 0.146. The van der Waals surface area contributed by atoms with Gasteiger partial charge in [0.2, 0.25) is 10.0 Å². The monoisotopic (exact) mass is 376 g/mol. The topological polar surface area (TPSA) is 53.8 Å². The van der Waals surface area contributed by atoms with Crippen LogP contribution in [0.5, 0.6) is 0 Å². The summed E-state index contributed by atoms with van der Waals surface area (Å²) < 4.78 is 30.8. The number of hydrogen-bond acceptors (Lipinski definition) is 4. The summed E-state index contributed by atoms with van der Waals surface area (Å²) in [6.07, 6.45) is 3.43. The van der Waals surface area contributed by atoms with E-state index >= 15 is 0 Å². The van der Waals surface area contributed by atoms with Gasteiger partial charge in [-0.25, -0.2) is 12.7 Å². The van der Waals surface area contributed by atoms with E-state index in [1.807, 2.05) is 12.1 Å². The van der Waals surface area contributed by atoms with Crippen LogP contribution in [0.15, 0.2) is 40.8 Å². The Labute approximate surface area is 156 Å². The first-order valence-corrected chi connectivity index (χ1v) is 11.0. The van der Waals surface area contributed by atoms with Gasteiger partial charge in [-0.2, -0.15) is 0 Å². The maximum atomic E-state index is 11.6. The molecule has 0 saturated carbocycles. The summed E-state index contributed by atoms with van der Waals surface area (Å²) in [5, 5.41) is 0. The first kappa shape index (κ1) is 19.1. The van der Waals surface area contributed by atoms with Gasteiger partial charge in [-0.15, -0.1) is 0 Å². The van der Waals surface area contributed by atoms with Crippen LogP contribution in [0.2, 0.25) is 0 Å². The molecule has 6 heteroatoms. The lowest BCUT2D eigenvalue weighted by atomic mass is 9.98. The van der Waals surface area contributed by atoms with Gasteiger partial charge in [0.15, 0.2) is 0 Å². The normalized spacial score (nSPS) is 19.2. The molecule has 0 spiro atoms. The fourth-order valence-corrected chi connectivity index (χ4v) is 3.98. The Morgan fingerprint density at radius 3 is 2.62 bits per heavy atom. The van der Waals surface area contributed by atoms with Gasteiger partial charge in [0.25, 0.3) is 0 Å². The minimum absolute atomic E-state index is 0.370. The number of aryl methyl sites for hydroxylation is 1. The van der Waals surface area contributed by atoms with Crippen molar-refractivity contribution in [2.75, 3.05) is 32.9 Å². The number of hydrogen-bond donors (Lipinski definition) is 0. The number of furan rings is 1. The molecule has 2 heterocycles. The van der Waals surface area contributed by atoms with E-state index in [4.69, 9.17) is 4.42 Å². The van der Waals surface area contributed by atoms with Gasteiger partial charge in [0, 0.05) is 25.7 Å². The zero-order chi connectivity index (χ0) is 18.7. The van der Waals surface area contributed by atoms with Crippen molar-refractivity contribution in [3.63, 3.8) is 0 Å². The van der Waals surface area contributed by atoms with Crippen LogP contribution in [0.25, 0.3) is 11.3 Å². The van der Waals surface area contributed by atoms with Gasteiger partial charge in [-0.05, 0) is 44.4 Å². The highest BCUT2D eigenvalue weighted by Crippen LogP contribution is 2.25. The quantitative estimate of drug-likeness (QED) is 0.776. The van der Waals surface area contributed by atoms with Gasteiger partial charge >= 0.3 is 0 Å². The highest BCUT2D eigenvalue weighted by Gasteiger charge is 2.24. The Hall–Kier alpha value is -1.63. The smallest absolute Gasteiger partial charge is 0.210 e. The third-order valence-electron chi connectivity index (χ3n) is 5.06. The summed E-state index contributed by atoms with van der Waals surface area (Å²) in [6, 6.07) is 12.4. The molecule has 1 saturated heterocycles. The first-order valence-electron chi connectivity index (χ1n) is 9.10. The number of likely N-dealkylation sites (tertiary alicyclic amines) is 1. The van der Waals surface area contributed by atoms with E-state index in [2.05, 4.69) is 36.1 Å². The van der Waals surface area contributed by atoms with Crippen LogP contribution in [-0.4, -0.2) is 50.6 Å². The van der Waals surface area contributed by atoms with Crippen molar-refractivity contribution in [1.29, 1.82) is 0 Å². The highest BCUT2D eigenvalue weighted by molar-refractivity contribution is 7.88. The maximum absolute atomic E-state index is 11.6. The molecule has 142 valence electrons. The molecule has 1 fully saturated rings. The minimum Gasteiger partial charge on any atom is -0.460 e. The molecule has 0 bridgehead atoms. The molecule has 1 aliphatic heterocycles. The summed E-state index contributed by atoms with van der Waals surface area (Å²) in [5.41, 5.74) is 2.33. The second-order valence-electron chi connectivity index (χ2n) is 7.42. The predicted octanol–water partition coefficient (Wildman–Crippen LogP) is 3.36. The molecule has 1 unspecified atom stereocenters. The average Bonchev–Trinajstić information content (AvgIpc) is 3.03. The molecule has 5 nitrogen and oxygen atoms in total. The molecule has 0 aliphatic carbocycles. The van der Waals surface area contributed by atoms with E-state index in [0.717, 1.165) is 49.6 Å². The third kappa shape index (κ3) is 4.96. The number of piperidine rings is 1. The summed E-state index contributed by atoms with van der Waals surface area (Å²) in [6.45, 7) is 5.36. The van der Waals surface area contributed by atoms with Crippen molar-refractivity contribution in [1.82, 2.24) is 9.21 Å². The lowest BCUT2D eigenvalue weighted by Crippen LogP contribution is -2.40. The molecule has 0 N–H and O–H groups in total. The first-order chi connectivity index (χ1) is 12.3. The van der Waals surface area contributed by atoms with Gasteiger partial charge in [-0.1, -0.05) is 29.8 Å². The predicted molar refractivity (Wildman–Crippen MR) is 104 cm³/mol. The lowest BCUT2D eigenvalue weighted by Gasteiger charge is -2.33. The van der Waals surface area contributed by atoms with Gasteiger partial charge in [0.1, 0.15) is 11.5 Å². The van der Waals surface area contributed by atoms with Crippen molar-refractivity contribution in [3.05, 3.63) is 47.7 Å². The Morgan fingerprint density at radius 2 is 1.92 bits per heavy atom. The van der Waals surface area contributed by atoms with Crippen molar-refractivity contribution in [3.8, 4) is 11.3 Å². The minimum atomic E-state index is -3.11. The molecule has 2 aromatic rings. The number of benzene rings is 1. The van der Waals surface area contributed by atoms with Crippen LogP contribution in [0.1, 0.15) is 24.2 Å². The molecule has 1 atom stereocenters. The Balaban J connectivity index is 1.59. The fourth-order valence-electron chi connectivity index (χ4n) is 3.50. The van der Waals surface area contributed by atoms with Crippen molar-refractivity contribution in [2.45, 2.75) is 26.3 Å². The van der Waals surface area contributed by atoms with E-state index < -0.39 is 10.0 Å². The molecular weight excluding hydrogens is 348 g/mol. The van der Waals surface area contributed by atoms with Crippen LogP contribution in [0, 0.1) is 12.8 Å². The summed E-state index contributed by atoms with van der Waals surface area (Å²) in [7, 11) is -1.45. The second-order valence-corrected chi connectivity index (χ2v) is 9.51. The van der Waals surface area contributed by atoms with Gasteiger partial charge in [0.05, 0.1) is 12.8 Å². The van der Waals surface area contributed by atoms with E-state index in [1.54, 1.807) is 7.05 Å². The third-order valence-corrected chi connectivity index (χ3v) is 6.34. The molecule has 1 aromatic carbocycles. The Morgan fingerprint density at radius 1 is 1.19 bits per heavy atom. The number of nitrogens with zero attached hydrogens (tertiary/aromatic N) is 2. The van der Waals surface area contributed by atoms with Crippen LogP contribution >= 0.6 is 0 Å². The fraction of sp³-hybridized carbons (Fsp3) is 0.500. The van der Waals surface area contributed by atoms with E-state index in [0.29, 0.717) is 12.5 Å². The molecule has 3 rings (SSSR count). The molecule has 1 aromatic heterocycles. The molecule has 1 aliphatic rings.